The molecule has 33 heavy (non-hydrogen) atoms. The Labute approximate surface area is 192 Å². The lowest BCUT2D eigenvalue weighted by molar-refractivity contribution is -0.0246. The number of nitrogens with zero attached hydrogens (tertiary/aromatic N) is 4. The van der Waals surface area contributed by atoms with Crippen LogP contribution in [0.15, 0.2) is 48.7 Å². The van der Waals surface area contributed by atoms with Crippen molar-refractivity contribution >= 4 is 28.5 Å². The predicted octanol–water partition coefficient (Wildman–Crippen LogP) is 2.80. The van der Waals surface area contributed by atoms with E-state index in [0.29, 0.717) is 36.5 Å². The molecule has 1 N–H and O–H groups in total. The quantitative estimate of drug-likeness (QED) is 0.665. The second-order valence-corrected chi connectivity index (χ2v) is 8.40. The van der Waals surface area contributed by atoms with Crippen molar-refractivity contribution in [1.29, 1.82) is 0 Å². The minimum Gasteiger partial charge on any atom is -0.368 e. The molecular formula is C25H27N5O3. The van der Waals surface area contributed by atoms with Crippen LogP contribution in [0.1, 0.15) is 45.4 Å². The number of fused-ring (bicyclic) bond motifs is 1. The van der Waals surface area contributed by atoms with Crippen LogP contribution in [-0.4, -0.2) is 66.5 Å². The van der Waals surface area contributed by atoms with Gasteiger partial charge < -0.3 is 19.9 Å². The van der Waals surface area contributed by atoms with Gasteiger partial charge in [0, 0.05) is 43.8 Å². The number of carbonyl (C=O) groups is 2. The number of nitrogens with one attached hydrogen (secondary N) is 1. The first-order valence-electron chi connectivity index (χ1n) is 11.4. The van der Waals surface area contributed by atoms with Crippen LogP contribution in [0, 0.1) is 0 Å². The normalized spacial score (nSPS) is 18.5. The maximum atomic E-state index is 13.3. The van der Waals surface area contributed by atoms with Crippen molar-refractivity contribution in [2.45, 2.75) is 18.9 Å². The molecule has 170 valence electrons. The fourth-order valence-corrected chi connectivity index (χ4v) is 4.55. The minimum atomic E-state index is -0.407. The summed E-state index contributed by atoms with van der Waals surface area (Å²) in [5.74, 6) is 0.637. The van der Waals surface area contributed by atoms with E-state index in [9.17, 15) is 9.59 Å². The molecule has 0 bridgehead atoms. The van der Waals surface area contributed by atoms with E-state index in [1.54, 1.807) is 30.3 Å². The van der Waals surface area contributed by atoms with Crippen LogP contribution in [0.25, 0.3) is 10.9 Å². The van der Waals surface area contributed by atoms with Gasteiger partial charge in [0.05, 0.1) is 29.9 Å². The predicted molar refractivity (Wildman–Crippen MR) is 125 cm³/mol. The number of rotatable bonds is 4. The molecule has 2 fully saturated rings. The summed E-state index contributed by atoms with van der Waals surface area (Å²) in [7, 11) is 1.61. The van der Waals surface area contributed by atoms with Crippen molar-refractivity contribution in [2.75, 3.05) is 44.7 Å². The van der Waals surface area contributed by atoms with Gasteiger partial charge in [-0.1, -0.05) is 18.2 Å². The van der Waals surface area contributed by atoms with Crippen LogP contribution in [-0.2, 0) is 4.74 Å². The Hall–Kier alpha value is -3.52. The molecular weight excluding hydrogens is 418 g/mol. The third kappa shape index (κ3) is 4.26. The van der Waals surface area contributed by atoms with Gasteiger partial charge in [-0.2, -0.15) is 0 Å². The molecule has 0 spiro atoms. The Morgan fingerprint density at radius 2 is 1.91 bits per heavy atom. The van der Waals surface area contributed by atoms with E-state index in [0.717, 1.165) is 42.7 Å². The summed E-state index contributed by atoms with van der Waals surface area (Å²) in [6.45, 7) is 3.24. The molecule has 8 nitrogen and oxygen atoms in total. The zero-order chi connectivity index (χ0) is 22.8. The molecule has 3 aromatic rings. The summed E-state index contributed by atoms with van der Waals surface area (Å²) >= 11 is 0. The van der Waals surface area contributed by atoms with Gasteiger partial charge in [0.2, 0.25) is 0 Å². The fraction of sp³-hybridized carbons (Fsp3) is 0.360. The molecule has 0 radical (unpaired) electrons. The van der Waals surface area contributed by atoms with Gasteiger partial charge in [-0.3, -0.25) is 9.59 Å². The summed E-state index contributed by atoms with van der Waals surface area (Å²) in [6, 6.07) is 13.0. The fourth-order valence-electron chi connectivity index (χ4n) is 4.55. The second-order valence-electron chi connectivity index (χ2n) is 8.40. The van der Waals surface area contributed by atoms with Crippen molar-refractivity contribution in [2.24, 2.45) is 0 Å². The van der Waals surface area contributed by atoms with Gasteiger partial charge in [-0.05, 0) is 37.1 Å². The third-order valence-electron chi connectivity index (χ3n) is 6.31. The van der Waals surface area contributed by atoms with Crippen molar-refractivity contribution in [3.8, 4) is 0 Å². The molecule has 2 aliphatic rings. The van der Waals surface area contributed by atoms with Crippen molar-refractivity contribution in [3.63, 3.8) is 0 Å². The molecule has 4 heterocycles. The Morgan fingerprint density at radius 3 is 2.73 bits per heavy atom. The maximum absolute atomic E-state index is 13.3. The highest BCUT2D eigenvalue weighted by molar-refractivity contribution is 6.06. The average molecular weight is 446 g/mol. The molecule has 2 amide bonds. The topological polar surface area (TPSA) is 87.7 Å². The number of morpholine rings is 1. The number of ether oxygens (including phenoxy) is 1. The molecule has 5 rings (SSSR count). The number of aromatic nitrogens is 2. The highest BCUT2D eigenvalue weighted by Gasteiger charge is 2.29. The van der Waals surface area contributed by atoms with Crippen LogP contribution in [0.4, 0.5) is 5.82 Å². The van der Waals surface area contributed by atoms with Gasteiger partial charge >= 0.3 is 0 Å². The van der Waals surface area contributed by atoms with Crippen LogP contribution in [0.2, 0.25) is 0 Å². The highest BCUT2D eigenvalue weighted by atomic mass is 16.5. The van der Waals surface area contributed by atoms with Gasteiger partial charge in [0.1, 0.15) is 11.9 Å². The summed E-state index contributed by atoms with van der Waals surface area (Å²) in [5, 5.41) is 3.49. The van der Waals surface area contributed by atoms with Crippen molar-refractivity contribution < 1.29 is 14.3 Å². The van der Waals surface area contributed by atoms with Gasteiger partial charge in [-0.15, -0.1) is 0 Å². The van der Waals surface area contributed by atoms with Crippen molar-refractivity contribution in [3.05, 3.63) is 65.5 Å². The zero-order valence-corrected chi connectivity index (χ0v) is 18.7. The van der Waals surface area contributed by atoms with Crippen LogP contribution < -0.4 is 10.2 Å². The number of amides is 2. The van der Waals surface area contributed by atoms with Gasteiger partial charge in [-0.25, -0.2) is 9.97 Å². The summed E-state index contributed by atoms with van der Waals surface area (Å²) < 4.78 is 5.99. The number of hydrogen-bond donors (Lipinski definition) is 1. The minimum absolute atomic E-state index is 0.0431. The van der Waals surface area contributed by atoms with E-state index < -0.39 is 6.10 Å². The summed E-state index contributed by atoms with van der Waals surface area (Å²) in [6.07, 6.45) is 3.61. The average Bonchev–Trinajstić information content (AvgIpc) is 3.42. The van der Waals surface area contributed by atoms with Crippen LogP contribution >= 0.6 is 0 Å². The number of benzene rings is 1. The second kappa shape index (κ2) is 9.15. The first-order valence-corrected chi connectivity index (χ1v) is 11.4. The Kier molecular flexibility index (Phi) is 5.92. The monoisotopic (exact) mass is 445 g/mol. The number of pyridine rings is 2. The molecule has 1 aromatic carbocycles. The molecule has 0 saturated carbocycles. The highest BCUT2D eigenvalue weighted by Crippen LogP contribution is 2.27. The summed E-state index contributed by atoms with van der Waals surface area (Å²) in [4.78, 5) is 39.1. The van der Waals surface area contributed by atoms with E-state index >= 15 is 0 Å². The van der Waals surface area contributed by atoms with Crippen molar-refractivity contribution in [1.82, 2.24) is 20.2 Å². The zero-order valence-electron chi connectivity index (χ0n) is 18.7. The number of hydrogen-bond acceptors (Lipinski definition) is 6. The number of carbonyl (C=O) groups excluding carboxylic acids is 2. The maximum Gasteiger partial charge on any atom is 0.254 e. The Balaban J connectivity index is 1.40. The summed E-state index contributed by atoms with van der Waals surface area (Å²) in [5.41, 5.74) is 2.56. The smallest absolute Gasteiger partial charge is 0.254 e. The molecule has 1 atom stereocenters. The largest absolute Gasteiger partial charge is 0.368 e. The first kappa shape index (κ1) is 21.3. The molecule has 2 aliphatic heterocycles. The van der Waals surface area contributed by atoms with E-state index in [1.165, 1.54) is 0 Å². The first-order chi connectivity index (χ1) is 16.1. The molecule has 2 saturated heterocycles. The lowest BCUT2D eigenvalue weighted by atomic mass is 10.0. The number of anilines is 1. The lowest BCUT2D eigenvalue weighted by Crippen LogP contribution is -2.42. The Morgan fingerprint density at radius 1 is 1.09 bits per heavy atom. The van der Waals surface area contributed by atoms with Crippen LogP contribution in [0.5, 0.6) is 0 Å². The molecule has 0 unspecified atom stereocenters. The SMILES string of the molecule is CNC(=O)c1cc([C@H]2CN(C(=O)c3ccnc(N4CCCC4)c3)CCO2)nc2ccccc12. The van der Waals surface area contributed by atoms with E-state index in [2.05, 4.69) is 15.2 Å². The lowest BCUT2D eigenvalue weighted by Gasteiger charge is -2.33. The number of para-hydroxylation sites is 1. The van der Waals surface area contributed by atoms with Gasteiger partial charge in [0.15, 0.2) is 0 Å². The standard InChI is InChI=1S/C25H27N5O3/c1-26-24(31)19-15-21(28-20-7-3-2-6-18(19)20)22-16-30(12-13-33-22)25(32)17-8-9-27-23(14-17)29-10-4-5-11-29/h2-3,6-9,14-15,22H,4-5,10-13,16H2,1H3,(H,26,31)/t22-/m1/s1. The molecule has 8 heteroatoms. The third-order valence-corrected chi connectivity index (χ3v) is 6.31. The van der Waals surface area contributed by atoms with E-state index in [1.807, 2.05) is 30.3 Å². The van der Waals surface area contributed by atoms with E-state index in [4.69, 9.17) is 9.72 Å². The molecule has 2 aromatic heterocycles. The van der Waals surface area contributed by atoms with Gasteiger partial charge in [0.25, 0.3) is 11.8 Å². The van der Waals surface area contributed by atoms with E-state index in [-0.39, 0.29) is 11.8 Å². The van der Waals surface area contributed by atoms with Crippen LogP contribution in [0.3, 0.4) is 0 Å². The molecule has 0 aliphatic carbocycles. The Bertz CT molecular complexity index is 1190.